The molecule has 20 heavy (non-hydrogen) atoms. The summed E-state index contributed by atoms with van der Waals surface area (Å²) in [6.45, 7) is 2.17. The number of ether oxygens (including phenoxy) is 1. The predicted molar refractivity (Wildman–Crippen MR) is 69.0 cm³/mol. The Morgan fingerprint density at radius 3 is 3.05 bits per heavy atom. The molecule has 0 spiro atoms. The Morgan fingerprint density at radius 1 is 1.60 bits per heavy atom. The Morgan fingerprint density at radius 2 is 2.45 bits per heavy atom. The molecule has 2 N–H and O–H groups in total. The lowest BCUT2D eigenvalue weighted by Gasteiger charge is -2.06. The van der Waals surface area contributed by atoms with E-state index in [1.54, 1.807) is 13.0 Å². The van der Waals surface area contributed by atoms with Crippen LogP contribution < -0.4 is 10.1 Å². The number of allylic oxidation sites excluding steroid dienone is 1. The summed E-state index contributed by atoms with van der Waals surface area (Å²) >= 11 is 0. The largest absolute Gasteiger partial charge is 0.491 e. The van der Waals surface area contributed by atoms with Crippen molar-refractivity contribution in [3.63, 3.8) is 0 Å². The maximum atomic E-state index is 13.6. The van der Waals surface area contributed by atoms with Crippen LogP contribution >= 0.6 is 0 Å². The molecule has 0 radical (unpaired) electrons. The molecular weight excluding hydrogens is 263 g/mol. The highest BCUT2D eigenvalue weighted by molar-refractivity contribution is 5.74. The standard InChI is InChI=1S/C12H11FN6O/c1-2-20-11-4-3-9(5-10(11)13)15-7-8(6-14)12-16-18-19-17-12/h3-5,7,15H,2H2,1H3,(H,16,17,18,19). The van der Waals surface area contributed by atoms with Crippen LogP contribution in [0, 0.1) is 17.1 Å². The van der Waals surface area contributed by atoms with E-state index in [0.717, 1.165) is 0 Å². The number of anilines is 1. The number of benzene rings is 1. The molecule has 2 aromatic rings. The molecule has 0 saturated heterocycles. The number of aromatic nitrogens is 4. The zero-order valence-electron chi connectivity index (χ0n) is 10.6. The van der Waals surface area contributed by atoms with Gasteiger partial charge in [0.2, 0.25) is 5.82 Å². The molecule has 0 fully saturated rings. The van der Waals surface area contributed by atoms with Crippen LogP contribution in [-0.4, -0.2) is 27.2 Å². The van der Waals surface area contributed by atoms with Crippen LogP contribution in [0.25, 0.3) is 5.57 Å². The van der Waals surface area contributed by atoms with Crippen LogP contribution in [0.15, 0.2) is 24.4 Å². The van der Waals surface area contributed by atoms with Gasteiger partial charge in [0.15, 0.2) is 11.6 Å². The highest BCUT2D eigenvalue weighted by atomic mass is 19.1. The quantitative estimate of drug-likeness (QED) is 0.805. The zero-order valence-corrected chi connectivity index (χ0v) is 10.6. The van der Waals surface area contributed by atoms with Crippen molar-refractivity contribution >= 4 is 11.3 Å². The number of nitriles is 1. The number of nitrogens with zero attached hydrogens (tertiary/aromatic N) is 4. The number of H-pyrrole nitrogens is 1. The van der Waals surface area contributed by atoms with Gasteiger partial charge in [-0.3, -0.25) is 0 Å². The van der Waals surface area contributed by atoms with Gasteiger partial charge in [-0.1, -0.05) is 0 Å². The van der Waals surface area contributed by atoms with Crippen molar-refractivity contribution in [3.8, 4) is 11.8 Å². The summed E-state index contributed by atoms with van der Waals surface area (Å²) in [7, 11) is 0. The second-order valence-corrected chi connectivity index (χ2v) is 3.63. The van der Waals surface area contributed by atoms with Gasteiger partial charge in [-0.15, -0.1) is 10.2 Å². The Labute approximate surface area is 114 Å². The first-order valence-corrected chi connectivity index (χ1v) is 5.77. The lowest BCUT2D eigenvalue weighted by atomic mass is 10.2. The topological polar surface area (TPSA) is 99.5 Å². The summed E-state index contributed by atoms with van der Waals surface area (Å²) in [4.78, 5) is 0. The number of aromatic amines is 1. The molecule has 102 valence electrons. The van der Waals surface area contributed by atoms with Crippen LogP contribution in [0.5, 0.6) is 5.75 Å². The number of halogens is 1. The molecule has 0 saturated carbocycles. The van der Waals surface area contributed by atoms with Crippen molar-refractivity contribution in [2.75, 3.05) is 11.9 Å². The summed E-state index contributed by atoms with van der Waals surface area (Å²) in [5.74, 6) is -0.143. The van der Waals surface area contributed by atoms with Crippen molar-refractivity contribution < 1.29 is 9.13 Å². The highest BCUT2D eigenvalue weighted by Crippen LogP contribution is 2.21. The average molecular weight is 274 g/mol. The van der Waals surface area contributed by atoms with Crippen LogP contribution in [0.3, 0.4) is 0 Å². The van der Waals surface area contributed by atoms with E-state index in [1.807, 2.05) is 6.07 Å². The van der Waals surface area contributed by atoms with Gasteiger partial charge in [-0.25, -0.2) is 4.39 Å². The lowest BCUT2D eigenvalue weighted by molar-refractivity contribution is 0.321. The van der Waals surface area contributed by atoms with Crippen molar-refractivity contribution in [2.24, 2.45) is 0 Å². The van der Waals surface area contributed by atoms with E-state index in [0.29, 0.717) is 12.3 Å². The minimum absolute atomic E-state index is 0.159. The van der Waals surface area contributed by atoms with Crippen molar-refractivity contribution in [1.82, 2.24) is 20.6 Å². The summed E-state index contributed by atoms with van der Waals surface area (Å²) in [5, 5.41) is 24.7. The first-order valence-electron chi connectivity index (χ1n) is 5.77. The van der Waals surface area contributed by atoms with Crippen molar-refractivity contribution in [3.05, 3.63) is 36.0 Å². The van der Waals surface area contributed by atoms with E-state index in [2.05, 4.69) is 25.9 Å². The Hall–Kier alpha value is -2.95. The van der Waals surface area contributed by atoms with E-state index in [-0.39, 0.29) is 17.1 Å². The average Bonchev–Trinajstić information content (AvgIpc) is 2.97. The number of hydrogen-bond acceptors (Lipinski definition) is 6. The van der Waals surface area contributed by atoms with Gasteiger partial charge in [0.1, 0.15) is 11.6 Å². The molecule has 0 aliphatic carbocycles. The van der Waals surface area contributed by atoms with Gasteiger partial charge in [-0.2, -0.15) is 10.5 Å². The molecule has 1 aromatic carbocycles. The van der Waals surface area contributed by atoms with Crippen LogP contribution in [-0.2, 0) is 0 Å². The fraction of sp³-hybridized carbons (Fsp3) is 0.167. The number of nitrogens with one attached hydrogen (secondary N) is 2. The van der Waals surface area contributed by atoms with Gasteiger partial charge in [-0.05, 0) is 24.3 Å². The smallest absolute Gasteiger partial charge is 0.216 e. The molecular formula is C12H11FN6O. The lowest BCUT2D eigenvalue weighted by Crippen LogP contribution is -1.97. The third-order valence-electron chi connectivity index (χ3n) is 2.32. The molecule has 0 atom stereocenters. The number of hydrogen-bond donors (Lipinski definition) is 2. The molecule has 0 bridgehead atoms. The fourth-order valence-electron chi connectivity index (χ4n) is 1.44. The summed E-state index contributed by atoms with van der Waals surface area (Å²) in [6.07, 6.45) is 1.37. The minimum Gasteiger partial charge on any atom is -0.491 e. The van der Waals surface area contributed by atoms with E-state index in [4.69, 9.17) is 10.00 Å². The van der Waals surface area contributed by atoms with E-state index in [1.165, 1.54) is 18.3 Å². The summed E-state index contributed by atoms with van der Waals surface area (Å²) in [6, 6.07) is 6.33. The van der Waals surface area contributed by atoms with E-state index < -0.39 is 5.82 Å². The number of rotatable bonds is 5. The molecule has 1 aromatic heterocycles. The Bertz CT molecular complexity index is 646. The van der Waals surface area contributed by atoms with Crippen LogP contribution in [0.1, 0.15) is 12.7 Å². The highest BCUT2D eigenvalue weighted by Gasteiger charge is 2.06. The summed E-state index contributed by atoms with van der Waals surface area (Å²) < 4.78 is 18.7. The monoisotopic (exact) mass is 274 g/mol. The summed E-state index contributed by atoms with van der Waals surface area (Å²) in [5.41, 5.74) is 0.648. The second kappa shape index (κ2) is 6.29. The minimum atomic E-state index is -0.483. The first kappa shape index (κ1) is 13.5. The number of tetrazole rings is 1. The molecule has 2 rings (SSSR count). The molecule has 7 nitrogen and oxygen atoms in total. The third-order valence-corrected chi connectivity index (χ3v) is 2.32. The van der Waals surface area contributed by atoms with E-state index >= 15 is 0 Å². The van der Waals surface area contributed by atoms with Gasteiger partial charge in [0, 0.05) is 18.0 Å². The normalized spacial score (nSPS) is 10.9. The van der Waals surface area contributed by atoms with Crippen LogP contribution in [0.4, 0.5) is 10.1 Å². The molecule has 1 heterocycles. The van der Waals surface area contributed by atoms with Gasteiger partial charge < -0.3 is 10.1 Å². The van der Waals surface area contributed by atoms with Crippen molar-refractivity contribution in [1.29, 1.82) is 5.26 Å². The van der Waals surface area contributed by atoms with Gasteiger partial charge in [0.05, 0.1) is 6.61 Å². The molecule has 0 unspecified atom stereocenters. The predicted octanol–water partition coefficient (Wildman–Crippen LogP) is 1.71. The molecule has 0 amide bonds. The maximum absolute atomic E-state index is 13.6. The molecule has 8 heteroatoms. The fourth-order valence-corrected chi connectivity index (χ4v) is 1.44. The van der Waals surface area contributed by atoms with Crippen molar-refractivity contribution in [2.45, 2.75) is 6.92 Å². The van der Waals surface area contributed by atoms with E-state index in [9.17, 15) is 4.39 Å². The first-order chi connectivity index (χ1) is 9.74. The van der Waals surface area contributed by atoms with Gasteiger partial charge in [0.25, 0.3) is 0 Å². The van der Waals surface area contributed by atoms with Gasteiger partial charge >= 0.3 is 0 Å². The zero-order chi connectivity index (χ0) is 14.4. The second-order valence-electron chi connectivity index (χ2n) is 3.63. The SMILES string of the molecule is CCOc1ccc(NC=C(C#N)c2nn[nH]n2)cc1F. The third kappa shape index (κ3) is 3.08. The van der Waals surface area contributed by atoms with Crippen LogP contribution in [0.2, 0.25) is 0 Å². The maximum Gasteiger partial charge on any atom is 0.216 e. The molecule has 0 aliphatic heterocycles. The molecule has 0 aliphatic rings. The Kier molecular flexibility index (Phi) is 4.24. The Balaban J connectivity index is 2.14.